The molecule has 0 spiro atoms. The topological polar surface area (TPSA) is 83.3 Å². The second-order valence-corrected chi connectivity index (χ2v) is 5.35. The van der Waals surface area contributed by atoms with Gasteiger partial charge in [-0.25, -0.2) is 0 Å². The van der Waals surface area contributed by atoms with Crippen molar-refractivity contribution in [2.75, 3.05) is 12.3 Å². The number of amides is 1. The normalized spacial score (nSPS) is 10.4. The predicted octanol–water partition coefficient (Wildman–Crippen LogP) is 2.35. The van der Waals surface area contributed by atoms with Crippen molar-refractivity contribution < 1.29 is 9.53 Å². The minimum absolute atomic E-state index is 0.270. The van der Waals surface area contributed by atoms with Crippen LogP contribution in [0.3, 0.4) is 0 Å². The first-order chi connectivity index (χ1) is 9.04. The molecule has 0 aliphatic rings. The number of ether oxygens (including phenoxy) is 1. The number of aromatic nitrogens is 1. The lowest BCUT2D eigenvalue weighted by atomic mass is 10.3. The Hall–Kier alpha value is -1.86. The fraction of sp³-hybridized carbons (Fsp3) is 0.167. The molecule has 1 aromatic heterocycles. The first-order valence-corrected chi connectivity index (χ1v) is 6.81. The average Bonchev–Trinajstić information content (AvgIpc) is 2.67. The number of thiazole rings is 1. The van der Waals surface area contributed by atoms with Gasteiger partial charge in [0.15, 0.2) is 3.95 Å². The fourth-order valence-corrected chi connectivity index (χ4v) is 2.88. The Morgan fingerprint density at radius 2 is 2.05 bits per heavy atom. The van der Waals surface area contributed by atoms with Gasteiger partial charge in [0, 0.05) is 5.69 Å². The van der Waals surface area contributed by atoms with Gasteiger partial charge in [0.05, 0.1) is 6.61 Å². The summed E-state index contributed by atoms with van der Waals surface area (Å²) < 4.78 is 7.47. The van der Waals surface area contributed by atoms with Crippen LogP contribution in [0, 0.1) is 3.95 Å². The molecule has 100 valence electrons. The third kappa shape index (κ3) is 2.61. The molecule has 0 aliphatic carbocycles. The van der Waals surface area contributed by atoms with Gasteiger partial charge in [-0.15, -0.1) is 0 Å². The molecule has 0 aliphatic heterocycles. The Kier molecular flexibility index (Phi) is 3.87. The van der Waals surface area contributed by atoms with Crippen molar-refractivity contribution in [3.05, 3.63) is 33.1 Å². The Morgan fingerprint density at radius 1 is 1.42 bits per heavy atom. The molecule has 2 aromatic rings. The van der Waals surface area contributed by atoms with Crippen molar-refractivity contribution >= 4 is 35.3 Å². The van der Waals surface area contributed by atoms with Crippen LogP contribution in [0.2, 0.25) is 0 Å². The summed E-state index contributed by atoms with van der Waals surface area (Å²) in [5, 5.41) is 0. The molecule has 0 saturated carbocycles. The van der Waals surface area contributed by atoms with E-state index in [1.165, 1.54) is 0 Å². The highest BCUT2D eigenvalue weighted by atomic mass is 32.1. The van der Waals surface area contributed by atoms with E-state index in [0.717, 1.165) is 22.8 Å². The second kappa shape index (κ2) is 5.41. The number of nitrogen functional groups attached to an aromatic ring is 1. The van der Waals surface area contributed by atoms with E-state index < -0.39 is 5.91 Å². The molecule has 0 radical (unpaired) electrons. The molecular weight excluding hydrogens is 282 g/mol. The quantitative estimate of drug-likeness (QED) is 0.848. The summed E-state index contributed by atoms with van der Waals surface area (Å²) in [6.07, 6.45) is 0. The molecule has 19 heavy (non-hydrogen) atoms. The van der Waals surface area contributed by atoms with Crippen LogP contribution in [-0.4, -0.2) is 17.1 Å². The van der Waals surface area contributed by atoms with E-state index in [9.17, 15) is 4.79 Å². The summed E-state index contributed by atoms with van der Waals surface area (Å²) in [5.41, 5.74) is 11.9. The van der Waals surface area contributed by atoms with Gasteiger partial charge in [-0.1, -0.05) is 11.3 Å². The maximum absolute atomic E-state index is 11.2. The standard InChI is InChI=1S/C12H13N3O2S2/c1-2-17-8-5-3-7(4-6-8)15-10(13)9(11(14)16)19-12(15)18/h3-6H,2,13H2,1H3,(H2,14,16). The summed E-state index contributed by atoms with van der Waals surface area (Å²) in [6.45, 7) is 2.52. The molecule has 1 amide bonds. The van der Waals surface area contributed by atoms with Crippen LogP contribution in [0.1, 0.15) is 16.6 Å². The van der Waals surface area contributed by atoms with Crippen LogP contribution in [0.5, 0.6) is 5.75 Å². The smallest absolute Gasteiger partial charge is 0.262 e. The summed E-state index contributed by atoms with van der Waals surface area (Å²) in [6, 6.07) is 7.30. The highest BCUT2D eigenvalue weighted by molar-refractivity contribution is 7.73. The molecule has 5 nitrogen and oxygen atoms in total. The Labute approximate surface area is 119 Å². The number of hydrogen-bond acceptors (Lipinski definition) is 5. The summed E-state index contributed by atoms with van der Waals surface area (Å²) in [4.78, 5) is 11.5. The highest BCUT2D eigenvalue weighted by Crippen LogP contribution is 2.26. The predicted molar refractivity (Wildman–Crippen MR) is 78.6 cm³/mol. The van der Waals surface area contributed by atoms with Gasteiger partial charge >= 0.3 is 0 Å². The molecule has 0 saturated heterocycles. The van der Waals surface area contributed by atoms with Gasteiger partial charge in [-0.2, -0.15) is 0 Å². The minimum atomic E-state index is -0.571. The summed E-state index contributed by atoms with van der Waals surface area (Å²) >= 11 is 6.31. The highest BCUT2D eigenvalue weighted by Gasteiger charge is 2.15. The van der Waals surface area contributed by atoms with Crippen molar-refractivity contribution in [2.24, 2.45) is 5.73 Å². The van der Waals surface area contributed by atoms with Crippen LogP contribution < -0.4 is 16.2 Å². The Morgan fingerprint density at radius 3 is 2.53 bits per heavy atom. The molecule has 0 atom stereocenters. The van der Waals surface area contributed by atoms with Gasteiger partial charge in [0.25, 0.3) is 5.91 Å². The average molecular weight is 295 g/mol. The molecule has 0 fully saturated rings. The van der Waals surface area contributed by atoms with Crippen molar-refractivity contribution in [1.29, 1.82) is 0 Å². The van der Waals surface area contributed by atoms with Crippen LogP contribution >= 0.6 is 23.6 Å². The largest absolute Gasteiger partial charge is 0.494 e. The number of nitrogens with zero attached hydrogens (tertiary/aromatic N) is 1. The SMILES string of the molecule is CCOc1ccc(-n2c(N)c(C(N)=O)sc2=S)cc1. The van der Waals surface area contributed by atoms with E-state index in [4.69, 9.17) is 28.4 Å². The fourth-order valence-electron chi connectivity index (χ4n) is 1.66. The first-order valence-electron chi connectivity index (χ1n) is 5.59. The summed E-state index contributed by atoms with van der Waals surface area (Å²) in [7, 11) is 0. The lowest BCUT2D eigenvalue weighted by Crippen LogP contribution is -2.12. The third-order valence-electron chi connectivity index (χ3n) is 2.48. The molecule has 2 rings (SSSR count). The van der Waals surface area contributed by atoms with E-state index in [2.05, 4.69) is 0 Å². The lowest BCUT2D eigenvalue weighted by molar-refractivity contribution is 0.100. The minimum Gasteiger partial charge on any atom is -0.494 e. The zero-order chi connectivity index (χ0) is 14.0. The van der Waals surface area contributed by atoms with E-state index in [-0.39, 0.29) is 10.7 Å². The molecule has 1 aromatic carbocycles. The van der Waals surface area contributed by atoms with Gasteiger partial charge in [-0.3, -0.25) is 9.36 Å². The third-order valence-corrected chi connectivity index (χ3v) is 3.88. The number of nitrogens with two attached hydrogens (primary N) is 2. The van der Waals surface area contributed by atoms with Gasteiger partial charge < -0.3 is 16.2 Å². The van der Waals surface area contributed by atoms with Crippen LogP contribution in [-0.2, 0) is 0 Å². The number of benzene rings is 1. The van der Waals surface area contributed by atoms with Crippen molar-refractivity contribution in [2.45, 2.75) is 6.92 Å². The van der Waals surface area contributed by atoms with Crippen LogP contribution in [0.25, 0.3) is 5.69 Å². The number of rotatable bonds is 4. The molecular formula is C12H13N3O2S2. The van der Waals surface area contributed by atoms with Crippen LogP contribution in [0.4, 0.5) is 5.82 Å². The maximum Gasteiger partial charge on any atom is 0.262 e. The first kappa shape index (κ1) is 13.6. The number of carbonyl (C=O) groups is 1. The Bertz CT molecular complexity index is 659. The molecule has 1 heterocycles. The lowest BCUT2D eigenvalue weighted by Gasteiger charge is -2.07. The maximum atomic E-state index is 11.2. The molecule has 7 heteroatoms. The number of carbonyl (C=O) groups excluding carboxylic acids is 1. The molecule has 0 unspecified atom stereocenters. The Balaban J connectivity index is 2.47. The van der Waals surface area contributed by atoms with E-state index in [1.807, 2.05) is 31.2 Å². The van der Waals surface area contributed by atoms with Gasteiger partial charge in [0.1, 0.15) is 16.4 Å². The van der Waals surface area contributed by atoms with E-state index >= 15 is 0 Å². The number of anilines is 1. The summed E-state index contributed by atoms with van der Waals surface area (Å²) in [5.74, 6) is 0.464. The number of primary amides is 1. The van der Waals surface area contributed by atoms with Gasteiger partial charge in [0.2, 0.25) is 0 Å². The zero-order valence-electron chi connectivity index (χ0n) is 10.3. The van der Waals surface area contributed by atoms with Crippen molar-refractivity contribution in [1.82, 2.24) is 4.57 Å². The monoisotopic (exact) mass is 295 g/mol. The van der Waals surface area contributed by atoms with Crippen molar-refractivity contribution in [3.63, 3.8) is 0 Å². The molecule has 0 bridgehead atoms. The van der Waals surface area contributed by atoms with E-state index in [1.54, 1.807) is 4.57 Å². The number of hydrogen-bond donors (Lipinski definition) is 2. The molecule has 4 N–H and O–H groups in total. The zero-order valence-corrected chi connectivity index (χ0v) is 11.9. The van der Waals surface area contributed by atoms with Crippen LogP contribution in [0.15, 0.2) is 24.3 Å². The van der Waals surface area contributed by atoms with E-state index in [0.29, 0.717) is 10.6 Å². The van der Waals surface area contributed by atoms with Gasteiger partial charge in [-0.05, 0) is 43.4 Å². The second-order valence-electron chi connectivity index (χ2n) is 3.71. The van der Waals surface area contributed by atoms with Crippen molar-refractivity contribution in [3.8, 4) is 11.4 Å².